The fourth-order valence-electron chi connectivity index (χ4n) is 2.50. The van der Waals surface area contributed by atoms with Crippen molar-refractivity contribution >= 4 is 40.5 Å². The quantitative estimate of drug-likeness (QED) is 0.419. The molecule has 5 nitrogen and oxygen atoms in total. The van der Waals surface area contributed by atoms with Gasteiger partial charge in [0.05, 0.1) is 5.25 Å². The van der Waals surface area contributed by atoms with Crippen molar-refractivity contribution in [2.24, 2.45) is 0 Å². The van der Waals surface area contributed by atoms with Gasteiger partial charge in [-0.15, -0.1) is 6.58 Å². The van der Waals surface area contributed by atoms with Gasteiger partial charge in [-0.05, 0) is 12.0 Å². The predicted molar refractivity (Wildman–Crippen MR) is 119 cm³/mol. The van der Waals surface area contributed by atoms with Gasteiger partial charge >= 0.3 is 5.97 Å². The van der Waals surface area contributed by atoms with E-state index in [9.17, 15) is 19.5 Å². The average molecular weight is 430 g/mol. The lowest BCUT2D eigenvalue weighted by Crippen LogP contribution is -2.47. The van der Waals surface area contributed by atoms with Crippen molar-refractivity contribution in [2.45, 2.75) is 17.7 Å². The zero-order chi connectivity index (χ0) is 21.1. The molecule has 2 N–H and O–H groups in total. The van der Waals surface area contributed by atoms with Gasteiger partial charge in [-0.1, -0.05) is 78.5 Å². The van der Waals surface area contributed by atoms with Crippen LogP contribution in [0.3, 0.4) is 0 Å². The number of carbonyl (C=O) groups is 3. The number of aliphatic carboxylic acids is 1. The van der Waals surface area contributed by atoms with Crippen molar-refractivity contribution in [2.75, 3.05) is 11.5 Å². The number of nitrogens with one attached hydrogen (secondary N) is 1. The molecule has 0 saturated carbocycles. The van der Waals surface area contributed by atoms with Gasteiger partial charge in [0, 0.05) is 17.1 Å². The van der Waals surface area contributed by atoms with E-state index in [2.05, 4.69) is 11.9 Å². The Balaban J connectivity index is 2.14. The highest BCUT2D eigenvalue weighted by atomic mass is 32.2. The molecule has 2 aromatic rings. The first kappa shape index (κ1) is 22.8. The third-order valence-electron chi connectivity index (χ3n) is 3.95. The maximum absolute atomic E-state index is 12.9. The van der Waals surface area contributed by atoms with E-state index in [1.54, 1.807) is 30.3 Å². The summed E-state index contributed by atoms with van der Waals surface area (Å²) in [4.78, 5) is 37.0. The third kappa shape index (κ3) is 7.79. The number of hydrogen-bond donors (Lipinski definition) is 2. The van der Waals surface area contributed by atoms with Crippen LogP contribution in [0.4, 0.5) is 0 Å². The molecular weight excluding hydrogens is 406 g/mol. The molecule has 2 rings (SSSR count). The van der Waals surface area contributed by atoms with Crippen molar-refractivity contribution in [1.82, 2.24) is 5.32 Å². The normalized spacial score (nSPS) is 12.6. The standard InChI is InChI=1S/C22H23NO4S2/c1-2-13-28-15-18(21(25)26)23-20(24)19(14-16-9-5-3-6-10-16)29-22(27)17-11-7-4-8-12-17/h2-12,18-19H,1,13-15H2,(H,23,24)(H,25,26)/t18-,19?/m0/s1. The van der Waals surface area contributed by atoms with Gasteiger partial charge in [0.15, 0.2) is 0 Å². The fraction of sp³-hybridized carbons (Fsp3) is 0.227. The zero-order valence-corrected chi connectivity index (χ0v) is 17.5. The number of carboxylic acid groups (broad SMARTS) is 1. The number of thioether (sulfide) groups is 2. The van der Waals surface area contributed by atoms with Crippen LogP contribution in [0.1, 0.15) is 15.9 Å². The summed E-state index contributed by atoms with van der Waals surface area (Å²) in [6, 6.07) is 17.0. The van der Waals surface area contributed by atoms with Crippen molar-refractivity contribution in [3.05, 3.63) is 84.4 Å². The Kier molecular flexibility index (Phi) is 9.53. The minimum Gasteiger partial charge on any atom is -0.480 e. The maximum atomic E-state index is 12.9. The molecule has 0 bridgehead atoms. The van der Waals surface area contributed by atoms with Gasteiger partial charge in [0.1, 0.15) is 6.04 Å². The third-order valence-corrected chi connectivity index (χ3v) is 6.11. The fourth-order valence-corrected chi connectivity index (χ4v) is 4.24. The second kappa shape index (κ2) is 12.1. The summed E-state index contributed by atoms with van der Waals surface area (Å²) in [5, 5.41) is 11.0. The van der Waals surface area contributed by atoms with E-state index in [0.717, 1.165) is 17.3 Å². The second-order valence-electron chi connectivity index (χ2n) is 6.18. The van der Waals surface area contributed by atoms with Gasteiger partial charge in [0.25, 0.3) is 0 Å². The van der Waals surface area contributed by atoms with E-state index in [-0.39, 0.29) is 10.9 Å². The Morgan fingerprint density at radius 3 is 2.24 bits per heavy atom. The van der Waals surface area contributed by atoms with E-state index >= 15 is 0 Å². The highest BCUT2D eigenvalue weighted by molar-refractivity contribution is 8.15. The average Bonchev–Trinajstić information content (AvgIpc) is 2.73. The Labute approximate surface area is 179 Å². The van der Waals surface area contributed by atoms with Crippen molar-refractivity contribution in [3.63, 3.8) is 0 Å². The summed E-state index contributed by atoms with van der Waals surface area (Å²) in [6.45, 7) is 3.60. The molecule has 0 aromatic heterocycles. The molecule has 0 aliphatic heterocycles. The number of rotatable bonds is 11. The summed E-state index contributed by atoms with van der Waals surface area (Å²) < 4.78 is 0. The van der Waals surface area contributed by atoms with Gasteiger partial charge in [-0.3, -0.25) is 9.59 Å². The van der Waals surface area contributed by atoms with Crippen LogP contribution in [0.25, 0.3) is 0 Å². The van der Waals surface area contributed by atoms with Crippen LogP contribution < -0.4 is 5.32 Å². The van der Waals surface area contributed by atoms with E-state index in [1.165, 1.54) is 11.8 Å². The first-order valence-electron chi connectivity index (χ1n) is 9.03. The highest BCUT2D eigenvalue weighted by Crippen LogP contribution is 2.22. The van der Waals surface area contributed by atoms with Crippen molar-refractivity contribution in [1.29, 1.82) is 0 Å². The molecule has 152 valence electrons. The van der Waals surface area contributed by atoms with Crippen LogP contribution in [0.5, 0.6) is 0 Å². The Hall–Kier alpha value is -2.51. The molecule has 29 heavy (non-hydrogen) atoms. The number of carboxylic acids is 1. The van der Waals surface area contributed by atoms with E-state index in [0.29, 0.717) is 17.7 Å². The molecule has 0 heterocycles. The minimum absolute atomic E-state index is 0.225. The SMILES string of the molecule is C=CCSC[C@H](NC(=O)C(Cc1ccccc1)SC(=O)c1ccccc1)C(=O)O. The van der Waals surface area contributed by atoms with E-state index in [4.69, 9.17) is 0 Å². The molecule has 0 radical (unpaired) electrons. The monoisotopic (exact) mass is 429 g/mol. The molecule has 0 spiro atoms. The van der Waals surface area contributed by atoms with Crippen molar-refractivity contribution < 1.29 is 19.5 Å². The number of amides is 1. The Morgan fingerprint density at radius 2 is 1.66 bits per heavy atom. The van der Waals surface area contributed by atoms with E-state index < -0.39 is 23.2 Å². The molecule has 0 saturated heterocycles. The molecule has 1 unspecified atom stereocenters. The van der Waals surface area contributed by atoms with Crippen LogP contribution in [0.2, 0.25) is 0 Å². The molecule has 0 aliphatic rings. The molecule has 0 aliphatic carbocycles. The van der Waals surface area contributed by atoms with Gasteiger partial charge in [-0.25, -0.2) is 4.79 Å². The lowest BCUT2D eigenvalue weighted by Gasteiger charge is -2.19. The summed E-state index contributed by atoms with van der Waals surface area (Å²) in [6.07, 6.45) is 2.00. The highest BCUT2D eigenvalue weighted by Gasteiger charge is 2.28. The Bertz CT molecular complexity index is 827. The lowest BCUT2D eigenvalue weighted by atomic mass is 10.1. The van der Waals surface area contributed by atoms with Gasteiger partial charge in [-0.2, -0.15) is 11.8 Å². The summed E-state index contributed by atoms with van der Waals surface area (Å²) >= 11 is 2.29. The second-order valence-corrected chi connectivity index (χ2v) is 8.43. The smallest absolute Gasteiger partial charge is 0.327 e. The summed E-state index contributed by atoms with van der Waals surface area (Å²) in [7, 11) is 0. The number of benzene rings is 2. The minimum atomic E-state index is -1.10. The van der Waals surface area contributed by atoms with Crippen LogP contribution in [0, 0.1) is 0 Å². The van der Waals surface area contributed by atoms with E-state index in [1.807, 2.05) is 36.4 Å². The van der Waals surface area contributed by atoms with Crippen LogP contribution in [0.15, 0.2) is 73.3 Å². The predicted octanol–water partition coefficient (Wildman–Crippen LogP) is 3.66. The van der Waals surface area contributed by atoms with Crippen LogP contribution >= 0.6 is 23.5 Å². The van der Waals surface area contributed by atoms with Crippen LogP contribution in [-0.2, 0) is 16.0 Å². The largest absolute Gasteiger partial charge is 0.480 e. The van der Waals surface area contributed by atoms with Gasteiger partial charge in [0.2, 0.25) is 11.0 Å². The molecule has 1 amide bonds. The lowest BCUT2D eigenvalue weighted by molar-refractivity contribution is -0.141. The number of carbonyl (C=O) groups excluding carboxylic acids is 2. The topological polar surface area (TPSA) is 83.5 Å². The first-order chi connectivity index (χ1) is 14.0. The number of hydrogen-bond acceptors (Lipinski definition) is 5. The Morgan fingerprint density at radius 1 is 1.03 bits per heavy atom. The summed E-state index contributed by atoms with van der Waals surface area (Å²) in [5.41, 5.74) is 1.40. The molecule has 0 fully saturated rings. The maximum Gasteiger partial charge on any atom is 0.327 e. The van der Waals surface area contributed by atoms with Crippen LogP contribution in [-0.4, -0.2) is 44.9 Å². The molecule has 2 atom stereocenters. The zero-order valence-electron chi connectivity index (χ0n) is 15.8. The molecule has 7 heteroatoms. The van der Waals surface area contributed by atoms with Crippen molar-refractivity contribution in [3.8, 4) is 0 Å². The summed E-state index contributed by atoms with van der Waals surface area (Å²) in [5.74, 6) is -0.751. The molecular formula is C22H23NO4S2. The van der Waals surface area contributed by atoms with Gasteiger partial charge < -0.3 is 10.4 Å². The first-order valence-corrected chi connectivity index (χ1v) is 11.1. The molecule has 2 aromatic carbocycles.